The Morgan fingerprint density at radius 3 is 2.94 bits per heavy atom. The predicted molar refractivity (Wildman–Crippen MR) is 59.7 cm³/mol. The van der Waals surface area contributed by atoms with E-state index < -0.39 is 11.9 Å². The van der Waals surface area contributed by atoms with Gasteiger partial charge >= 0.3 is 0 Å². The number of halogens is 1. The number of aliphatic hydroxyl groups excluding tert-OH is 1. The van der Waals surface area contributed by atoms with Crippen LogP contribution in [0.5, 0.6) is 0 Å². The second-order valence-corrected chi connectivity index (χ2v) is 4.48. The van der Waals surface area contributed by atoms with Crippen LogP contribution in [0.3, 0.4) is 0 Å². The molecule has 0 amide bonds. The van der Waals surface area contributed by atoms with E-state index in [0.717, 1.165) is 16.9 Å². The number of hydrogen-bond donors (Lipinski definition) is 1. The summed E-state index contributed by atoms with van der Waals surface area (Å²) < 4.78 is 12.9. The minimum Gasteiger partial charge on any atom is -0.388 e. The lowest BCUT2D eigenvalue weighted by molar-refractivity contribution is 0.177. The quantitative estimate of drug-likeness (QED) is 0.892. The van der Waals surface area contributed by atoms with Gasteiger partial charge in [-0.25, -0.2) is 9.37 Å². The predicted octanol–water partition coefficient (Wildman–Crippen LogP) is 2.26. The fourth-order valence-corrected chi connectivity index (χ4v) is 2.20. The van der Waals surface area contributed by atoms with Crippen molar-refractivity contribution in [2.45, 2.75) is 19.4 Å². The van der Waals surface area contributed by atoms with E-state index in [1.165, 1.54) is 23.6 Å². The normalized spacial score (nSPS) is 12.7. The van der Waals surface area contributed by atoms with Crippen LogP contribution in [-0.4, -0.2) is 15.1 Å². The summed E-state index contributed by atoms with van der Waals surface area (Å²) in [5.74, 6) is -0.438. The molecule has 0 aliphatic carbocycles. The van der Waals surface area contributed by atoms with Crippen molar-refractivity contribution in [1.82, 2.24) is 9.97 Å². The SMILES string of the molecule is Cc1csc(CC(O)c2cncc(F)c2)n1. The summed E-state index contributed by atoms with van der Waals surface area (Å²) in [7, 11) is 0. The fourth-order valence-electron chi connectivity index (χ4n) is 1.39. The van der Waals surface area contributed by atoms with Crippen LogP contribution < -0.4 is 0 Å². The van der Waals surface area contributed by atoms with Crippen molar-refractivity contribution in [2.24, 2.45) is 0 Å². The molecule has 0 saturated carbocycles. The monoisotopic (exact) mass is 238 g/mol. The molecule has 0 bridgehead atoms. The van der Waals surface area contributed by atoms with E-state index in [2.05, 4.69) is 9.97 Å². The molecule has 0 aliphatic rings. The Kier molecular flexibility index (Phi) is 3.26. The van der Waals surface area contributed by atoms with Crippen molar-refractivity contribution < 1.29 is 9.50 Å². The van der Waals surface area contributed by atoms with Gasteiger partial charge in [-0.1, -0.05) is 0 Å². The number of aliphatic hydroxyl groups is 1. The molecule has 2 rings (SSSR count). The molecule has 1 unspecified atom stereocenters. The summed E-state index contributed by atoms with van der Waals surface area (Å²) in [6.45, 7) is 1.90. The minimum atomic E-state index is -0.756. The lowest BCUT2D eigenvalue weighted by Crippen LogP contribution is -2.02. The zero-order valence-corrected chi connectivity index (χ0v) is 9.54. The average Bonchev–Trinajstić information content (AvgIpc) is 2.64. The maximum absolute atomic E-state index is 12.9. The smallest absolute Gasteiger partial charge is 0.141 e. The number of aromatic nitrogens is 2. The van der Waals surface area contributed by atoms with Crippen LogP contribution in [0, 0.1) is 12.7 Å². The number of nitrogens with zero attached hydrogens (tertiary/aromatic N) is 2. The van der Waals surface area contributed by atoms with E-state index in [9.17, 15) is 9.50 Å². The first kappa shape index (κ1) is 11.2. The number of aryl methyl sites for hydroxylation is 1. The fraction of sp³-hybridized carbons (Fsp3) is 0.273. The van der Waals surface area contributed by atoms with Crippen molar-refractivity contribution in [3.05, 3.63) is 45.9 Å². The van der Waals surface area contributed by atoms with Crippen LogP contribution in [0.25, 0.3) is 0 Å². The van der Waals surface area contributed by atoms with Crippen LogP contribution in [0.1, 0.15) is 22.4 Å². The van der Waals surface area contributed by atoms with E-state index in [1.807, 2.05) is 12.3 Å². The molecule has 2 aromatic heterocycles. The van der Waals surface area contributed by atoms with Crippen LogP contribution in [-0.2, 0) is 6.42 Å². The van der Waals surface area contributed by atoms with Gasteiger partial charge in [-0.3, -0.25) is 4.98 Å². The lowest BCUT2D eigenvalue weighted by Gasteiger charge is -2.08. The molecule has 5 heteroatoms. The van der Waals surface area contributed by atoms with Crippen molar-refractivity contribution in [2.75, 3.05) is 0 Å². The molecule has 0 spiro atoms. The molecule has 0 radical (unpaired) electrons. The van der Waals surface area contributed by atoms with Gasteiger partial charge in [-0.2, -0.15) is 0 Å². The average molecular weight is 238 g/mol. The molecule has 2 aromatic rings. The minimum absolute atomic E-state index is 0.393. The van der Waals surface area contributed by atoms with Crippen LogP contribution in [0.4, 0.5) is 4.39 Å². The Morgan fingerprint density at radius 2 is 2.31 bits per heavy atom. The van der Waals surface area contributed by atoms with E-state index in [1.54, 1.807) is 0 Å². The van der Waals surface area contributed by atoms with Crippen LogP contribution in [0.2, 0.25) is 0 Å². The number of hydrogen-bond acceptors (Lipinski definition) is 4. The van der Waals surface area contributed by atoms with Gasteiger partial charge in [0.25, 0.3) is 0 Å². The zero-order valence-electron chi connectivity index (χ0n) is 8.72. The van der Waals surface area contributed by atoms with Crippen molar-refractivity contribution in [3.63, 3.8) is 0 Å². The number of rotatable bonds is 3. The molecular weight excluding hydrogens is 227 g/mol. The van der Waals surface area contributed by atoms with Crippen molar-refractivity contribution in [1.29, 1.82) is 0 Å². The van der Waals surface area contributed by atoms with E-state index >= 15 is 0 Å². The van der Waals surface area contributed by atoms with Crippen LogP contribution in [0.15, 0.2) is 23.8 Å². The van der Waals surface area contributed by atoms with Gasteiger partial charge in [-0.15, -0.1) is 11.3 Å². The largest absolute Gasteiger partial charge is 0.388 e. The molecule has 2 heterocycles. The molecule has 0 aromatic carbocycles. The standard InChI is InChI=1S/C11H11FN2OS/c1-7-6-16-11(14-7)3-10(15)8-2-9(12)5-13-4-8/h2,4-6,10,15H,3H2,1H3. The van der Waals surface area contributed by atoms with Crippen molar-refractivity contribution >= 4 is 11.3 Å². The lowest BCUT2D eigenvalue weighted by atomic mass is 10.1. The van der Waals surface area contributed by atoms with Crippen molar-refractivity contribution in [3.8, 4) is 0 Å². The molecule has 1 atom stereocenters. The topological polar surface area (TPSA) is 46.0 Å². The van der Waals surface area contributed by atoms with Gasteiger partial charge in [0.1, 0.15) is 5.82 Å². The summed E-state index contributed by atoms with van der Waals surface area (Å²) in [5.41, 5.74) is 1.41. The highest BCUT2D eigenvalue weighted by Crippen LogP contribution is 2.20. The molecule has 0 fully saturated rings. The second-order valence-electron chi connectivity index (χ2n) is 3.54. The zero-order chi connectivity index (χ0) is 11.5. The summed E-state index contributed by atoms with van der Waals surface area (Å²) in [6, 6.07) is 1.29. The van der Waals surface area contributed by atoms with Gasteiger partial charge in [0, 0.05) is 29.3 Å². The van der Waals surface area contributed by atoms with E-state index in [4.69, 9.17) is 0 Å². The van der Waals surface area contributed by atoms with E-state index in [-0.39, 0.29) is 0 Å². The summed E-state index contributed by atoms with van der Waals surface area (Å²) in [5, 5.41) is 12.6. The van der Waals surface area contributed by atoms with E-state index in [0.29, 0.717) is 12.0 Å². The maximum atomic E-state index is 12.9. The Bertz CT molecular complexity index is 486. The molecule has 84 valence electrons. The molecule has 0 saturated heterocycles. The van der Waals surface area contributed by atoms with Gasteiger partial charge in [0.2, 0.25) is 0 Å². The third-order valence-electron chi connectivity index (χ3n) is 2.15. The Labute approximate surface area is 96.6 Å². The first-order valence-corrected chi connectivity index (χ1v) is 5.72. The first-order valence-electron chi connectivity index (χ1n) is 4.84. The highest BCUT2D eigenvalue weighted by molar-refractivity contribution is 7.09. The summed E-state index contributed by atoms with van der Waals surface area (Å²) in [6.07, 6.45) is 2.22. The summed E-state index contributed by atoms with van der Waals surface area (Å²) in [4.78, 5) is 7.94. The Hall–Kier alpha value is -1.33. The molecule has 1 N–H and O–H groups in total. The Morgan fingerprint density at radius 1 is 1.50 bits per heavy atom. The third-order valence-corrected chi connectivity index (χ3v) is 3.13. The highest BCUT2D eigenvalue weighted by atomic mass is 32.1. The summed E-state index contributed by atoms with van der Waals surface area (Å²) >= 11 is 1.49. The second kappa shape index (κ2) is 4.67. The number of thiazole rings is 1. The highest BCUT2D eigenvalue weighted by Gasteiger charge is 2.11. The third kappa shape index (κ3) is 2.62. The van der Waals surface area contributed by atoms with Gasteiger partial charge in [0.05, 0.1) is 17.3 Å². The van der Waals surface area contributed by atoms with Crippen LogP contribution >= 0.6 is 11.3 Å². The Balaban J connectivity index is 2.11. The molecule has 0 aliphatic heterocycles. The number of pyridine rings is 1. The molecular formula is C11H11FN2OS. The van der Waals surface area contributed by atoms with Gasteiger partial charge in [0.15, 0.2) is 0 Å². The molecule has 16 heavy (non-hydrogen) atoms. The van der Waals surface area contributed by atoms with Gasteiger partial charge < -0.3 is 5.11 Å². The first-order chi connectivity index (χ1) is 7.65. The maximum Gasteiger partial charge on any atom is 0.141 e. The van der Waals surface area contributed by atoms with Gasteiger partial charge in [-0.05, 0) is 13.0 Å². The molecule has 3 nitrogen and oxygen atoms in total.